The number of piperazine rings is 1. The monoisotopic (exact) mass is 377 g/mol. The van der Waals surface area contributed by atoms with E-state index < -0.39 is 6.04 Å². The summed E-state index contributed by atoms with van der Waals surface area (Å²) in [5.41, 5.74) is 8.44. The van der Waals surface area contributed by atoms with Crippen molar-refractivity contribution in [1.82, 2.24) is 20.0 Å². The summed E-state index contributed by atoms with van der Waals surface area (Å²) >= 11 is 0. The Kier molecular flexibility index (Phi) is 5.08. The van der Waals surface area contributed by atoms with E-state index in [2.05, 4.69) is 10.2 Å². The number of nitrogens with one attached hydrogen (secondary N) is 1. The minimum Gasteiger partial charge on any atom is -0.338 e. The zero-order valence-electron chi connectivity index (χ0n) is 15.5. The Balaban J connectivity index is 1.36. The van der Waals surface area contributed by atoms with Gasteiger partial charge in [0.15, 0.2) is 5.69 Å². The van der Waals surface area contributed by atoms with E-state index >= 15 is 0 Å². The van der Waals surface area contributed by atoms with Gasteiger partial charge in [0.1, 0.15) is 0 Å². The van der Waals surface area contributed by atoms with Crippen molar-refractivity contribution in [1.29, 1.82) is 0 Å². The number of carbonyl (C=O) groups is 2. The Morgan fingerprint density at radius 3 is 2.36 bits per heavy atom. The molecule has 2 amide bonds. The maximum absolute atomic E-state index is 12.8. The predicted octanol–water partition coefficient (Wildman–Crippen LogP) is 1.42. The van der Waals surface area contributed by atoms with Crippen LogP contribution in [0.15, 0.2) is 54.6 Å². The molecule has 0 spiro atoms. The van der Waals surface area contributed by atoms with Crippen LogP contribution in [0.3, 0.4) is 0 Å². The molecule has 2 heterocycles. The van der Waals surface area contributed by atoms with Crippen LogP contribution in [0.25, 0.3) is 10.9 Å². The highest BCUT2D eigenvalue weighted by atomic mass is 16.2. The van der Waals surface area contributed by atoms with Crippen molar-refractivity contribution in [3.05, 3.63) is 65.9 Å². The van der Waals surface area contributed by atoms with Crippen LogP contribution in [0, 0.1) is 0 Å². The summed E-state index contributed by atoms with van der Waals surface area (Å²) in [5.74, 6) is -0.181. The van der Waals surface area contributed by atoms with Gasteiger partial charge >= 0.3 is 0 Å². The number of hydrogen-bond acceptors (Lipinski definition) is 4. The van der Waals surface area contributed by atoms with Gasteiger partial charge in [-0.1, -0.05) is 48.5 Å². The number of rotatable bonds is 4. The molecule has 0 saturated carbocycles. The number of fused-ring (bicyclic) bond motifs is 1. The average Bonchev–Trinajstić information content (AvgIpc) is 3.17. The van der Waals surface area contributed by atoms with Crippen molar-refractivity contribution in [2.24, 2.45) is 5.73 Å². The molecular weight excluding hydrogens is 354 g/mol. The summed E-state index contributed by atoms with van der Waals surface area (Å²) in [6.07, 6.45) is 0.512. The fourth-order valence-corrected chi connectivity index (χ4v) is 3.60. The van der Waals surface area contributed by atoms with Crippen LogP contribution in [0.4, 0.5) is 0 Å². The molecule has 1 fully saturated rings. The summed E-state index contributed by atoms with van der Waals surface area (Å²) in [6.45, 7) is 1.92. The third-order valence-corrected chi connectivity index (χ3v) is 5.17. The number of hydrogen-bond donors (Lipinski definition) is 2. The van der Waals surface area contributed by atoms with Gasteiger partial charge in [0.05, 0.1) is 11.6 Å². The van der Waals surface area contributed by atoms with E-state index in [1.54, 1.807) is 9.80 Å². The molecule has 144 valence electrons. The summed E-state index contributed by atoms with van der Waals surface area (Å²) in [4.78, 5) is 29.0. The number of benzene rings is 2. The summed E-state index contributed by atoms with van der Waals surface area (Å²) < 4.78 is 0. The quantitative estimate of drug-likeness (QED) is 0.719. The first-order valence-electron chi connectivity index (χ1n) is 9.44. The van der Waals surface area contributed by atoms with Crippen LogP contribution in [-0.4, -0.2) is 64.0 Å². The highest BCUT2D eigenvalue weighted by Crippen LogP contribution is 2.18. The normalized spacial score (nSPS) is 15.6. The van der Waals surface area contributed by atoms with Gasteiger partial charge in [-0.25, -0.2) is 0 Å². The molecule has 1 aliphatic rings. The molecule has 1 atom stereocenters. The van der Waals surface area contributed by atoms with Crippen LogP contribution in [-0.2, 0) is 11.2 Å². The SMILES string of the molecule is NC(Cc1ccccc1)C(=O)N1CCN(C(=O)c2n[nH]c3ccccc23)CC1. The van der Waals surface area contributed by atoms with Crippen molar-refractivity contribution >= 4 is 22.7 Å². The lowest BCUT2D eigenvalue weighted by Crippen LogP contribution is -2.54. The summed E-state index contributed by atoms with van der Waals surface area (Å²) in [5, 5.41) is 7.89. The number of H-pyrrole nitrogens is 1. The van der Waals surface area contributed by atoms with E-state index in [1.165, 1.54) is 0 Å². The highest BCUT2D eigenvalue weighted by Gasteiger charge is 2.29. The first kappa shape index (κ1) is 18.2. The second kappa shape index (κ2) is 7.82. The Labute approximate surface area is 163 Å². The van der Waals surface area contributed by atoms with Crippen molar-refractivity contribution in [2.45, 2.75) is 12.5 Å². The number of aromatic nitrogens is 2. The van der Waals surface area contributed by atoms with Gasteiger partial charge in [-0.2, -0.15) is 5.10 Å². The Hall–Kier alpha value is -3.19. The van der Waals surface area contributed by atoms with Gasteiger partial charge in [-0.05, 0) is 18.1 Å². The molecule has 0 aliphatic carbocycles. The summed E-state index contributed by atoms with van der Waals surface area (Å²) in [6, 6.07) is 16.8. The molecule has 1 aliphatic heterocycles. The van der Waals surface area contributed by atoms with Crippen LogP contribution >= 0.6 is 0 Å². The van der Waals surface area contributed by atoms with Gasteiger partial charge in [0.2, 0.25) is 5.91 Å². The van der Waals surface area contributed by atoms with Crippen molar-refractivity contribution in [3.63, 3.8) is 0 Å². The molecule has 1 aromatic heterocycles. The molecule has 2 aromatic carbocycles. The minimum atomic E-state index is -0.570. The molecule has 0 radical (unpaired) electrons. The number of para-hydroxylation sites is 1. The van der Waals surface area contributed by atoms with Gasteiger partial charge in [0, 0.05) is 31.6 Å². The fourth-order valence-electron chi connectivity index (χ4n) is 3.60. The zero-order chi connectivity index (χ0) is 19.5. The second-order valence-corrected chi connectivity index (χ2v) is 7.03. The highest BCUT2D eigenvalue weighted by molar-refractivity contribution is 6.04. The molecule has 4 rings (SSSR count). The smallest absolute Gasteiger partial charge is 0.275 e. The fraction of sp³-hybridized carbons (Fsp3) is 0.286. The first-order valence-corrected chi connectivity index (χ1v) is 9.44. The lowest BCUT2D eigenvalue weighted by atomic mass is 10.1. The molecule has 1 unspecified atom stereocenters. The molecule has 28 heavy (non-hydrogen) atoms. The topological polar surface area (TPSA) is 95.3 Å². The van der Waals surface area contributed by atoms with E-state index in [0.29, 0.717) is 38.3 Å². The largest absolute Gasteiger partial charge is 0.338 e. The van der Waals surface area contributed by atoms with Gasteiger partial charge in [0.25, 0.3) is 5.91 Å². The first-order chi connectivity index (χ1) is 13.6. The molecule has 1 saturated heterocycles. The van der Waals surface area contributed by atoms with Crippen LogP contribution in [0.1, 0.15) is 16.1 Å². The standard InChI is InChI=1S/C21H23N5O2/c22-17(14-15-6-2-1-3-7-15)20(27)25-10-12-26(13-11-25)21(28)19-16-8-4-5-9-18(16)23-24-19/h1-9,17H,10-14,22H2,(H,23,24). The van der Waals surface area contributed by atoms with Crippen LogP contribution in [0.5, 0.6) is 0 Å². The van der Waals surface area contributed by atoms with Gasteiger partial charge in [-0.3, -0.25) is 14.7 Å². The van der Waals surface area contributed by atoms with E-state index in [-0.39, 0.29) is 11.8 Å². The van der Waals surface area contributed by atoms with Crippen LogP contribution < -0.4 is 5.73 Å². The Morgan fingerprint density at radius 2 is 1.61 bits per heavy atom. The number of amides is 2. The molecule has 0 bridgehead atoms. The zero-order valence-corrected chi connectivity index (χ0v) is 15.5. The molecule has 3 aromatic rings. The van der Waals surface area contributed by atoms with Gasteiger partial charge in [-0.15, -0.1) is 0 Å². The summed E-state index contributed by atoms with van der Waals surface area (Å²) in [7, 11) is 0. The maximum atomic E-state index is 12.8. The van der Waals surface area contributed by atoms with Crippen molar-refractivity contribution in [3.8, 4) is 0 Å². The second-order valence-electron chi connectivity index (χ2n) is 7.03. The maximum Gasteiger partial charge on any atom is 0.275 e. The van der Waals surface area contributed by atoms with E-state index in [1.807, 2.05) is 54.6 Å². The molecular formula is C21H23N5O2. The number of nitrogens with two attached hydrogens (primary N) is 1. The third-order valence-electron chi connectivity index (χ3n) is 5.17. The average molecular weight is 377 g/mol. The van der Waals surface area contributed by atoms with Crippen LogP contribution in [0.2, 0.25) is 0 Å². The Bertz CT molecular complexity index is 977. The lowest BCUT2D eigenvalue weighted by molar-refractivity contribution is -0.134. The van der Waals surface area contributed by atoms with Crippen molar-refractivity contribution < 1.29 is 9.59 Å². The molecule has 7 heteroatoms. The van der Waals surface area contributed by atoms with E-state index in [0.717, 1.165) is 16.5 Å². The third kappa shape index (κ3) is 3.61. The molecule has 7 nitrogen and oxygen atoms in total. The number of carbonyl (C=O) groups excluding carboxylic acids is 2. The number of nitrogens with zero attached hydrogens (tertiary/aromatic N) is 3. The predicted molar refractivity (Wildman–Crippen MR) is 107 cm³/mol. The van der Waals surface area contributed by atoms with E-state index in [4.69, 9.17) is 5.73 Å². The minimum absolute atomic E-state index is 0.0684. The Morgan fingerprint density at radius 1 is 0.964 bits per heavy atom. The van der Waals surface area contributed by atoms with Crippen molar-refractivity contribution in [2.75, 3.05) is 26.2 Å². The molecule has 3 N–H and O–H groups in total. The lowest BCUT2D eigenvalue weighted by Gasteiger charge is -2.35. The van der Waals surface area contributed by atoms with Gasteiger partial charge < -0.3 is 15.5 Å². The number of aromatic amines is 1. The van der Waals surface area contributed by atoms with E-state index in [9.17, 15) is 9.59 Å².